The highest BCUT2D eigenvalue weighted by Crippen LogP contribution is 2.34. The van der Waals surface area contributed by atoms with Crippen molar-refractivity contribution in [2.24, 2.45) is 0 Å². The van der Waals surface area contributed by atoms with Gasteiger partial charge >= 0.3 is 6.09 Å². The van der Waals surface area contributed by atoms with Gasteiger partial charge in [-0.2, -0.15) is 0 Å². The van der Waals surface area contributed by atoms with Crippen LogP contribution in [0.15, 0.2) is 24.5 Å². The second-order valence-corrected chi connectivity index (χ2v) is 7.54. The van der Waals surface area contributed by atoms with Crippen LogP contribution in [0.1, 0.15) is 32.0 Å². The van der Waals surface area contributed by atoms with Crippen molar-refractivity contribution in [2.75, 3.05) is 0 Å². The lowest BCUT2D eigenvalue weighted by molar-refractivity contribution is 0.0241. The third kappa shape index (κ3) is 2.99. The number of hydrogen-bond donors (Lipinski definition) is 1. The summed E-state index contributed by atoms with van der Waals surface area (Å²) in [6.07, 6.45) is 3.17. The number of aromatic nitrogens is 4. The molecule has 0 spiro atoms. The van der Waals surface area contributed by atoms with Gasteiger partial charge in [-0.05, 0) is 44.5 Å². The fourth-order valence-corrected chi connectivity index (χ4v) is 3.26. The van der Waals surface area contributed by atoms with Gasteiger partial charge in [0, 0.05) is 28.9 Å². The van der Waals surface area contributed by atoms with Crippen LogP contribution < -0.4 is 0 Å². The van der Waals surface area contributed by atoms with Gasteiger partial charge in [-0.15, -0.1) is 0 Å². The maximum absolute atomic E-state index is 12.4. The Bertz CT molecular complexity index is 1010. The fourth-order valence-electron chi connectivity index (χ4n) is 3.07. The van der Waals surface area contributed by atoms with Crippen LogP contribution in [0.25, 0.3) is 22.3 Å². The van der Waals surface area contributed by atoms with E-state index >= 15 is 0 Å². The molecule has 8 heteroatoms. The zero-order chi connectivity index (χ0) is 18.5. The molecule has 26 heavy (non-hydrogen) atoms. The summed E-state index contributed by atoms with van der Waals surface area (Å²) in [5.41, 5.74) is 3.47. The van der Waals surface area contributed by atoms with E-state index in [1.54, 1.807) is 11.1 Å². The number of nitrogens with zero attached hydrogens (tertiary/aromatic N) is 4. The number of aromatic amines is 1. The van der Waals surface area contributed by atoms with Gasteiger partial charge in [-0.1, -0.05) is 0 Å². The van der Waals surface area contributed by atoms with E-state index in [1.807, 2.05) is 39.1 Å². The van der Waals surface area contributed by atoms with Crippen LogP contribution in [0.2, 0.25) is 5.28 Å². The summed E-state index contributed by atoms with van der Waals surface area (Å²) < 4.78 is 5.48. The molecule has 0 fully saturated rings. The molecule has 1 N–H and O–H groups in total. The Morgan fingerprint density at radius 3 is 2.85 bits per heavy atom. The highest BCUT2D eigenvalue weighted by atomic mass is 35.5. The van der Waals surface area contributed by atoms with Crippen LogP contribution in [-0.2, 0) is 17.8 Å². The van der Waals surface area contributed by atoms with Crippen LogP contribution in [0, 0.1) is 0 Å². The van der Waals surface area contributed by atoms with Gasteiger partial charge in [0.2, 0.25) is 5.28 Å². The van der Waals surface area contributed by atoms with Crippen molar-refractivity contribution in [3.63, 3.8) is 0 Å². The molecule has 3 aromatic rings. The summed E-state index contributed by atoms with van der Waals surface area (Å²) >= 11 is 6.16. The first kappa shape index (κ1) is 16.8. The molecule has 0 saturated carbocycles. The van der Waals surface area contributed by atoms with Crippen molar-refractivity contribution >= 4 is 28.7 Å². The van der Waals surface area contributed by atoms with Crippen molar-refractivity contribution < 1.29 is 9.53 Å². The lowest BCUT2D eigenvalue weighted by Crippen LogP contribution is -2.33. The molecule has 4 rings (SSSR count). The van der Waals surface area contributed by atoms with Crippen LogP contribution in [0.3, 0.4) is 0 Å². The van der Waals surface area contributed by atoms with E-state index < -0.39 is 5.60 Å². The van der Waals surface area contributed by atoms with Crippen molar-refractivity contribution in [2.45, 2.75) is 39.5 Å². The number of hydrogen-bond acceptors (Lipinski definition) is 5. The zero-order valence-corrected chi connectivity index (χ0v) is 15.5. The summed E-state index contributed by atoms with van der Waals surface area (Å²) in [4.78, 5) is 30.2. The smallest absolute Gasteiger partial charge is 0.410 e. The number of amides is 1. The van der Waals surface area contributed by atoms with Gasteiger partial charge in [0.25, 0.3) is 0 Å². The normalized spacial score (nSPS) is 13.9. The molecule has 3 aromatic heterocycles. The van der Waals surface area contributed by atoms with Gasteiger partial charge in [-0.3, -0.25) is 4.90 Å². The number of nitrogens with one attached hydrogen (secondary N) is 1. The molecule has 0 aliphatic carbocycles. The van der Waals surface area contributed by atoms with E-state index in [0.29, 0.717) is 13.1 Å². The molecule has 4 heterocycles. The highest BCUT2D eigenvalue weighted by Gasteiger charge is 2.32. The second-order valence-electron chi connectivity index (χ2n) is 7.20. The van der Waals surface area contributed by atoms with Crippen molar-refractivity contribution in [1.82, 2.24) is 24.8 Å². The summed E-state index contributed by atoms with van der Waals surface area (Å²) in [6.45, 7) is 6.26. The lowest BCUT2D eigenvalue weighted by atomic mass is 10.0. The summed E-state index contributed by atoms with van der Waals surface area (Å²) in [5.74, 6) is 0. The lowest BCUT2D eigenvalue weighted by Gasteiger charge is -2.24. The molecule has 0 bridgehead atoms. The van der Waals surface area contributed by atoms with E-state index in [2.05, 4.69) is 19.9 Å². The summed E-state index contributed by atoms with van der Waals surface area (Å²) in [5, 5.41) is 1.10. The Balaban J connectivity index is 1.75. The highest BCUT2D eigenvalue weighted by molar-refractivity contribution is 6.28. The van der Waals surface area contributed by atoms with E-state index in [0.717, 1.165) is 33.5 Å². The van der Waals surface area contributed by atoms with Crippen molar-refractivity contribution in [3.05, 3.63) is 41.1 Å². The topological polar surface area (TPSA) is 84.0 Å². The minimum Gasteiger partial charge on any atom is -0.444 e. The molecule has 134 valence electrons. The quantitative estimate of drug-likeness (QED) is 0.655. The largest absolute Gasteiger partial charge is 0.444 e. The number of ether oxygens (including phenoxy) is 1. The molecule has 1 aliphatic heterocycles. The van der Waals surface area contributed by atoms with E-state index in [-0.39, 0.29) is 11.4 Å². The van der Waals surface area contributed by atoms with Gasteiger partial charge < -0.3 is 9.72 Å². The monoisotopic (exact) mass is 371 g/mol. The Hall–Kier alpha value is -2.67. The van der Waals surface area contributed by atoms with E-state index in [1.165, 1.54) is 0 Å². The maximum atomic E-state index is 12.4. The third-order valence-electron chi connectivity index (χ3n) is 4.12. The number of fused-ring (bicyclic) bond motifs is 2. The standard InChI is InChI=1S/C18H18ClN5O2/c1-18(2,3)26-17(25)24-8-12-13(9-24)22-16(19)23-14(12)10-4-6-20-15-11(10)5-7-21-15/h4-7H,8-9H2,1-3H3,(H,20,21). The first-order valence-corrected chi connectivity index (χ1v) is 8.65. The molecule has 0 atom stereocenters. The summed E-state index contributed by atoms with van der Waals surface area (Å²) in [7, 11) is 0. The number of carbonyl (C=O) groups is 1. The summed E-state index contributed by atoms with van der Waals surface area (Å²) in [6, 6.07) is 3.84. The Labute approximate surface area is 155 Å². The first-order chi connectivity index (χ1) is 12.3. The van der Waals surface area contributed by atoms with Crippen molar-refractivity contribution in [1.29, 1.82) is 0 Å². The predicted molar refractivity (Wildman–Crippen MR) is 97.6 cm³/mol. The Morgan fingerprint density at radius 2 is 2.08 bits per heavy atom. The molecule has 0 aromatic carbocycles. The molecule has 0 unspecified atom stereocenters. The Morgan fingerprint density at radius 1 is 1.27 bits per heavy atom. The minimum absolute atomic E-state index is 0.158. The number of halogens is 1. The zero-order valence-electron chi connectivity index (χ0n) is 14.7. The second kappa shape index (κ2) is 5.95. The third-order valence-corrected chi connectivity index (χ3v) is 4.29. The average Bonchev–Trinajstić information content (AvgIpc) is 3.18. The molecule has 1 aliphatic rings. The average molecular weight is 372 g/mol. The minimum atomic E-state index is -0.555. The molecule has 0 saturated heterocycles. The van der Waals surface area contributed by atoms with E-state index in [9.17, 15) is 4.79 Å². The van der Waals surface area contributed by atoms with Gasteiger partial charge in [0.15, 0.2) is 0 Å². The molecule has 1 amide bonds. The van der Waals surface area contributed by atoms with Crippen LogP contribution in [-0.4, -0.2) is 36.5 Å². The predicted octanol–water partition coefficient (Wildman–Crippen LogP) is 3.92. The number of H-pyrrole nitrogens is 1. The van der Waals surface area contributed by atoms with Crippen LogP contribution >= 0.6 is 11.6 Å². The fraction of sp³-hybridized carbons (Fsp3) is 0.333. The van der Waals surface area contributed by atoms with E-state index in [4.69, 9.17) is 16.3 Å². The molecule has 0 radical (unpaired) electrons. The number of carbonyl (C=O) groups excluding carboxylic acids is 1. The first-order valence-electron chi connectivity index (χ1n) is 8.27. The maximum Gasteiger partial charge on any atom is 0.410 e. The van der Waals surface area contributed by atoms with Gasteiger partial charge in [0.1, 0.15) is 11.2 Å². The SMILES string of the molecule is CC(C)(C)OC(=O)N1Cc2nc(Cl)nc(-c3ccnc4[nH]ccc34)c2C1. The number of pyridine rings is 1. The van der Waals surface area contributed by atoms with Gasteiger partial charge in [-0.25, -0.2) is 19.7 Å². The molecular formula is C18H18ClN5O2. The van der Waals surface area contributed by atoms with Crippen LogP contribution in [0.5, 0.6) is 0 Å². The molecular weight excluding hydrogens is 354 g/mol. The van der Waals surface area contributed by atoms with Crippen molar-refractivity contribution in [3.8, 4) is 11.3 Å². The Kier molecular flexibility index (Phi) is 3.84. The van der Waals surface area contributed by atoms with Gasteiger partial charge in [0.05, 0.1) is 24.5 Å². The number of rotatable bonds is 1. The molecule has 7 nitrogen and oxygen atoms in total. The van der Waals surface area contributed by atoms with Crippen LogP contribution in [0.4, 0.5) is 4.79 Å².